The zero-order valence-electron chi connectivity index (χ0n) is 9.72. The minimum Gasteiger partial charge on any atom is -0.271 e. The van der Waals surface area contributed by atoms with Gasteiger partial charge in [-0.1, -0.05) is 6.07 Å². The molecule has 4 nitrogen and oxygen atoms in total. The monoisotopic (exact) mass is 268 g/mol. The van der Waals surface area contributed by atoms with E-state index in [1.165, 1.54) is 12.4 Å². The summed E-state index contributed by atoms with van der Waals surface area (Å²) in [5.41, 5.74) is 2.09. The summed E-state index contributed by atoms with van der Waals surface area (Å²) < 4.78 is 38.8. The van der Waals surface area contributed by atoms with Crippen LogP contribution in [0.15, 0.2) is 43.0 Å². The molecule has 7 heteroatoms. The van der Waals surface area contributed by atoms with Crippen LogP contribution in [0.2, 0.25) is 0 Å². The van der Waals surface area contributed by atoms with Crippen molar-refractivity contribution in [1.29, 1.82) is 0 Å². The number of rotatable bonds is 3. The van der Waals surface area contributed by atoms with Gasteiger partial charge in [-0.25, -0.2) is 5.43 Å². The lowest BCUT2D eigenvalue weighted by Gasteiger charge is -2.20. The fourth-order valence-electron chi connectivity index (χ4n) is 1.81. The lowest BCUT2D eigenvalue weighted by atomic mass is 9.97. The molecule has 0 radical (unpaired) electrons. The van der Waals surface area contributed by atoms with E-state index in [0.29, 0.717) is 5.56 Å². The van der Waals surface area contributed by atoms with E-state index < -0.39 is 17.8 Å². The molecule has 2 rings (SSSR count). The fourth-order valence-corrected chi connectivity index (χ4v) is 1.81. The van der Waals surface area contributed by atoms with E-state index >= 15 is 0 Å². The number of nitrogens with zero attached hydrogens (tertiary/aromatic N) is 2. The first kappa shape index (κ1) is 13.4. The largest absolute Gasteiger partial charge is 0.416 e. The van der Waals surface area contributed by atoms with Crippen molar-refractivity contribution in [1.82, 2.24) is 15.4 Å². The van der Waals surface area contributed by atoms with Crippen LogP contribution >= 0.6 is 0 Å². The third-order valence-electron chi connectivity index (χ3n) is 2.65. The summed E-state index contributed by atoms with van der Waals surface area (Å²) in [6.07, 6.45) is 0.780. The van der Waals surface area contributed by atoms with Crippen molar-refractivity contribution >= 4 is 0 Å². The number of hydrogen-bond acceptors (Lipinski definition) is 4. The Hall–Kier alpha value is -1.99. The summed E-state index contributed by atoms with van der Waals surface area (Å²) in [5, 5.41) is 0. The number of nitrogens with two attached hydrogens (primary N) is 1. The highest BCUT2D eigenvalue weighted by Gasteiger charge is 2.35. The molecular formula is C12H11F3N4. The summed E-state index contributed by atoms with van der Waals surface area (Å²) >= 11 is 0. The van der Waals surface area contributed by atoms with E-state index in [1.54, 1.807) is 12.1 Å². The average molecular weight is 268 g/mol. The highest BCUT2D eigenvalue weighted by molar-refractivity contribution is 5.35. The molecule has 2 aromatic rings. The van der Waals surface area contributed by atoms with Gasteiger partial charge in [0.15, 0.2) is 0 Å². The number of hydrazine groups is 1. The van der Waals surface area contributed by atoms with Crippen molar-refractivity contribution < 1.29 is 13.2 Å². The molecule has 0 aliphatic heterocycles. The van der Waals surface area contributed by atoms with Crippen LogP contribution < -0.4 is 11.3 Å². The van der Waals surface area contributed by atoms with Crippen LogP contribution in [0.1, 0.15) is 22.7 Å². The van der Waals surface area contributed by atoms with E-state index in [2.05, 4.69) is 15.4 Å². The maximum absolute atomic E-state index is 12.9. The Morgan fingerprint density at radius 3 is 2.42 bits per heavy atom. The maximum Gasteiger partial charge on any atom is 0.416 e. The van der Waals surface area contributed by atoms with E-state index in [-0.39, 0.29) is 5.56 Å². The van der Waals surface area contributed by atoms with Gasteiger partial charge in [0.2, 0.25) is 0 Å². The van der Waals surface area contributed by atoms with Crippen LogP contribution in [-0.4, -0.2) is 9.97 Å². The summed E-state index contributed by atoms with van der Waals surface area (Å²) in [6, 6.07) is 3.38. The Labute approximate surface area is 107 Å². The number of pyridine rings is 2. The Balaban J connectivity index is 2.51. The molecule has 2 aromatic heterocycles. The molecule has 0 amide bonds. The van der Waals surface area contributed by atoms with Gasteiger partial charge in [0.25, 0.3) is 0 Å². The van der Waals surface area contributed by atoms with Gasteiger partial charge in [-0.3, -0.25) is 15.8 Å². The molecule has 19 heavy (non-hydrogen) atoms. The van der Waals surface area contributed by atoms with Crippen molar-refractivity contribution in [2.24, 2.45) is 5.84 Å². The molecule has 100 valence electrons. The van der Waals surface area contributed by atoms with Gasteiger partial charge >= 0.3 is 6.18 Å². The first-order valence-corrected chi connectivity index (χ1v) is 5.41. The number of halogens is 3. The molecule has 0 aromatic carbocycles. The zero-order valence-corrected chi connectivity index (χ0v) is 9.72. The van der Waals surface area contributed by atoms with Crippen LogP contribution in [-0.2, 0) is 6.18 Å². The van der Waals surface area contributed by atoms with Gasteiger partial charge in [0.05, 0.1) is 11.6 Å². The SMILES string of the molecule is NNC(c1cccnc1)c1cnccc1C(F)(F)F. The maximum atomic E-state index is 12.9. The summed E-state index contributed by atoms with van der Waals surface area (Å²) in [5.74, 6) is 5.38. The van der Waals surface area contributed by atoms with Gasteiger partial charge in [-0.15, -0.1) is 0 Å². The highest BCUT2D eigenvalue weighted by atomic mass is 19.4. The first-order chi connectivity index (χ1) is 9.04. The van der Waals surface area contributed by atoms with Gasteiger partial charge in [-0.2, -0.15) is 13.2 Å². The number of alkyl halides is 3. The molecule has 3 N–H and O–H groups in total. The number of aromatic nitrogens is 2. The highest BCUT2D eigenvalue weighted by Crippen LogP contribution is 2.35. The topological polar surface area (TPSA) is 63.8 Å². The predicted molar refractivity (Wildman–Crippen MR) is 62.6 cm³/mol. The van der Waals surface area contributed by atoms with Crippen molar-refractivity contribution in [3.8, 4) is 0 Å². The summed E-state index contributed by atoms with van der Waals surface area (Å²) in [6.45, 7) is 0. The van der Waals surface area contributed by atoms with Gasteiger partial charge < -0.3 is 0 Å². The van der Waals surface area contributed by atoms with E-state index in [4.69, 9.17) is 5.84 Å². The second kappa shape index (κ2) is 5.33. The quantitative estimate of drug-likeness (QED) is 0.660. The zero-order chi connectivity index (χ0) is 13.9. The molecule has 2 heterocycles. The molecule has 0 spiro atoms. The molecule has 1 unspecified atom stereocenters. The Morgan fingerprint density at radius 2 is 1.84 bits per heavy atom. The molecule has 0 aliphatic rings. The summed E-state index contributed by atoms with van der Waals surface area (Å²) in [4.78, 5) is 7.61. The Morgan fingerprint density at radius 1 is 1.11 bits per heavy atom. The molecular weight excluding hydrogens is 257 g/mol. The molecule has 0 aliphatic carbocycles. The first-order valence-electron chi connectivity index (χ1n) is 5.41. The second-order valence-corrected chi connectivity index (χ2v) is 3.85. The predicted octanol–water partition coefficient (Wildman–Crippen LogP) is 2.05. The van der Waals surface area contributed by atoms with Gasteiger partial charge in [-0.05, 0) is 17.7 Å². The minimum atomic E-state index is -4.46. The van der Waals surface area contributed by atoms with Crippen molar-refractivity contribution in [3.63, 3.8) is 0 Å². The van der Waals surface area contributed by atoms with E-state index in [0.717, 1.165) is 18.5 Å². The van der Waals surface area contributed by atoms with Crippen LogP contribution in [0.5, 0.6) is 0 Å². The fraction of sp³-hybridized carbons (Fsp3) is 0.167. The van der Waals surface area contributed by atoms with Crippen molar-refractivity contribution in [3.05, 3.63) is 59.7 Å². The molecule has 0 bridgehead atoms. The van der Waals surface area contributed by atoms with Crippen LogP contribution in [0, 0.1) is 0 Å². The third kappa shape index (κ3) is 2.88. The minimum absolute atomic E-state index is 0.0366. The lowest BCUT2D eigenvalue weighted by Crippen LogP contribution is -2.30. The molecule has 0 fully saturated rings. The molecule has 1 atom stereocenters. The van der Waals surface area contributed by atoms with Crippen LogP contribution in [0.25, 0.3) is 0 Å². The Kier molecular flexibility index (Phi) is 3.77. The third-order valence-corrected chi connectivity index (χ3v) is 2.65. The smallest absolute Gasteiger partial charge is 0.271 e. The molecule has 0 saturated carbocycles. The van der Waals surface area contributed by atoms with Gasteiger partial charge in [0.1, 0.15) is 0 Å². The number of nitrogens with one attached hydrogen (secondary N) is 1. The number of hydrogen-bond donors (Lipinski definition) is 2. The summed E-state index contributed by atoms with van der Waals surface area (Å²) in [7, 11) is 0. The van der Waals surface area contributed by atoms with Crippen molar-refractivity contribution in [2.45, 2.75) is 12.2 Å². The second-order valence-electron chi connectivity index (χ2n) is 3.85. The van der Waals surface area contributed by atoms with Crippen molar-refractivity contribution in [2.75, 3.05) is 0 Å². The lowest BCUT2D eigenvalue weighted by molar-refractivity contribution is -0.138. The van der Waals surface area contributed by atoms with Gasteiger partial charge in [0, 0.05) is 30.4 Å². The Bertz CT molecular complexity index is 542. The van der Waals surface area contributed by atoms with Crippen LogP contribution in [0.3, 0.4) is 0 Å². The molecule has 0 saturated heterocycles. The standard InChI is InChI=1S/C12H11F3N4/c13-12(14,15)10-3-5-18-7-9(10)11(19-16)8-2-1-4-17-6-8/h1-7,11,19H,16H2. The van der Waals surface area contributed by atoms with E-state index in [1.807, 2.05) is 0 Å². The van der Waals surface area contributed by atoms with Crippen LogP contribution in [0.4, 0.5) is 13.2 Å². The normalized spacial score (nSPS) is 13.3. The van der Waals surface area contributed by atoms with E-state index in [9.17, 15) is 13.2 Å². The average Bonchev–Trinajstić information content (AvgIpc) is 2.40.